The van der Waals surface area contributed by atoms with E-state index >= 15 is 4.39 Å². The lowest BCUT2D eigenvalue weighted by Crippen LogP contribution is -2.49. The van der Waals surface area contributed by atoms with Crippen LogP contribution in [0.1, 0.15) is 35.5 Å². The maximum absolute atomic E-state index is 15.6. The van der Waals surface area contributed by atoms with Crippen LogP contribution in [0.4, 0.5) is 45.9 Å². The lowest BCUT2D eigenvalue weighted by atomic mass is 9.93. The van der Waals surface area contributed by atoms with E-state index in [0.717, 1.165) is 11.0 Å². The van der Waals surface area contributed by atoms with Crippen LogP contribution in [-0.2, 0) is 11.3 Å². The number of hydrogen-bond acceptors (Lipinski definition) is 7. The highest BCUT2D eigenvalue weighted by atomic mass is 19.4. The molecule has 0 bridgehead atoms. The second kappa shape index (κ2) is 14.5. The van der Waals surface area contributed by atoms with Crippen molar-refractivity contribution in [3.63, 3.8) is 0 Å². The normalized spacial score (nSPS) is 18.6. The highest BCUT2D eigenvalue weighted by Crippen LogP contribution is 2.40. The number of benzene rings is 2. The van der Waals surface area contributed by atoms with Gasteiger partial charge in [0.05, 0.1) is 49.6 Å². The van der Waals surface area contributed by atoms with Crippen molar-refractivity contribution >= 4 is 18.0 Å². The molecule has 1 amide bonds. The fourth-order valence-corrected chi connectivity index (χ4v) is 5.89. The molecular formula is C36H32F8N4O5. The van der Waals surface area contributed by atoms with Gasteiger partial charge in [0.2, 0.25) is 5.95 Å². The van der Waals surface area contributed by atoms with Crippen LogP contribution in [0.2, 0.25) is 0 Å². The standard InChI is InChI=1S/C36H32F8N4O5/c1-17-8-21(32(49)50)6-7-24(17)25-11-26(30(52-5)12-28(25)38)27-13-45-33(47-14-23(37)15-47)46-29(27)16-48-20(4)31(53-34(48)51)18(2)9-22(36(42,43)44)10-19(3)35(39,40)41/h6-13,20,23,31H,2,14-16H2,1,3-5H3,(H,49,50)/b19-10+,22-9+/t20-,31+/m0/s1. The molecular weight excluding hydrogens is 720 g/mol. The number of alkyl halides is 7. The van der Waals surface area contributed by atoms with Crippen molar-refractivity contribution in [1.29, 1.82) is 0 Å². The van der Waals surface area contributed by atoms with Crippen molar-refractivity contribution in [2.75, 3.05) is 25.1 Å². The molecule has 2 saturated heterocycles. The number of methoxy groups -OCH3 is 1. The summed E-state index contributed by atoms with van der Waals surface area (Å²) in [7, 11) is 1.28. The third-order valence-electron chi connectivity index (χ3n) is 8.88. The van der Waals surface area contributed by atoms with Crippen LogP contribution in [0.3, 0.4) is 0 Å². The van der Waals surface area contributed by atoms with E-state index in [9.17, 15) is 45.4 Å². The Labute approximate surface area is 297 Å². The quantitative estimate of drug-likeness (QED) is 0.163. The minimum Gasteiger partial charge on any atom is -0.496 e. The number of halogens is 8. The number of aromatic carboxylic acids is 1. The summed E-state index contributed by atoms with van der Waals surface area (Å²) in [4.78, 5) is 36.3. The first-order valence-electron chi connectivity index (χ1n) is 15.9. The van der Waals surface area contributed by atoms with E-state index in [2.05, 4.69) is 16.5 Å². The van der Waals surface area contributed by atoms with E-state index in [-0.39, 0.29) is 65.4 Å². The minimum atomic E-state index is -5.20. The summed E-state index contributed by atoms with van der Waals surface area (Å²) in [5.41, 5.74) is -2.17. The molecule has 0 unspecified atom stereocenters. The minimum absolute atomic E-state index is 0.0150. The molecule has 0 saturated carbocycles. The van der Waals surface area contributed by atoms with Gasteiger partial charge in [0, 0.05) is 34.5 Å². The Kier molecular flexibility index (Phi) is 10.6. The van der Waals surface area contributed by atoms with Crippen molar-refractivity contribution in [3.8, 4) is 28.0 Å². The van der Waals surface area contributed by atoms with Gasteiger partial charge >= 0.3 is 24.4 Å². The highest BCUT2D eigenvalue weighted by molar-refractivity contribution is 5.89. The Morgan fingerprint density at radius 2 is 1.74 bits per heavy atom. The topological polar surface area (TPSA) is 105 Å². The average Bonchev–Trinajstić information content (AvgIpc) is 3.34. The van der Waals surface area contributed by atoms with Crippen LogP contribution >= 0.6 is 0 Å². The average molecular weight is 753 g/mol. The largest absolute Gasteiger partial charge is 0.496 e. The summed E-state index contributed by atoms with van der Waals surface area (Å²) in [6.07, 6.45) is -12.1. The van der Waals surface area contributed by atoms with E-state index in [1.165, 1.54) is 49.4 Å². The molecule has 0 radical (unpaired) electrons. The number of aromatic nitrogens is 2. The number of hydrogen-bond donors (Lipinski definition) is 1. The Hall–Kier alpha value is -5.48. The molecule has 2 aliphatic rings. The Balaban J connectivity index is 1.56. The van der Waals surface area contributed by atoms with Crippen molar-refractivity contribution in [1.82, 2.24) is 14.9 Å². The monoisotopic (exact) mass is 752 g/mol. The summed E-state index contributed by atoms with van der Waals surface area (Å²) in [6.45, 7) is 6.68. The second-order valence-electron chi connectivity index (χ2n) is 12.6. The first-order chi connectivity index (χ1) is 24.7. The number of carboxylic acid groups (broad SMARTS) is 1. The fraction of sp³-hybridized carbons (Fsp3) is 0.333. The molecule has 5 rings (SSSR count). The first-order valence-corrected chi connectivity index (χ1v) is 15.9. The maximum Gasteiger partial charge on any atom is 0.416 e. The summed E-state index contributed by atoms with van der Waals surface area (Å²) in [6, 6.07) is 5.63. The molecule has 2 fully saturated rings. The van der Waals surface area contributed by atoms with Gasteiger partial charge in [-0.25, -0.2) is 28.3 Å². The Morgan fingerprint density at radius 1 is 1.06 bits per heavy atom. The predicted octanol–water partition coefficient (Wildman–Crippen LogP) is 8.39. The smallest absolute Gasteiger partial charge is 0.416 e. The van der Waals surface area contributed by atoms with Crippen LogP contribution < -0.4 is 9.64 Å². The molecule has 282 valence electrons. The van der Waals surface area contributed by atoms with Crippen LogP contribution in [0.5, 0.6) is 5.75 Å². The van der Waals surface area contributed by atoms with Gasteiger partial charge in [-0.3, -0.25) is 4.90 Å². The molecule has 1 N–H and O–H groups in total. The third-order valence-corrected chi connectivity index (χ3v) is 8.88. The Morgan fingerprint density at radius 3 is 2.30 bits per heavy atom. The number of allylic oxidation sites excluding steroid dienone is 3. The van der Waals surface area contributed by atoms with Crippen molar-refractivity contribution < 1.29 is 59.3 Å². The van der Waals surface area contributed by atoms with Gasteiger partial charge in [-0.05, 0) is 67.8 Å². The van der Waals surface area contributed by atoms with Crippen LogP contribution in [-0.4, -0.2) is 82.9 Å². The molecule has 0 spiro atoms. The first kappa shape index (κ1) is 38.7. The van der Waals surface area contributed by atoms with Crippen LogP contribution in [0, 0.1) is 12.7 Å². The summed E-state index contributed by atoms with van der Waals surface area (Å²) < 4.78 is 121. The van der Waals surface area contributed by atoms with Gasteiger partial charge in [-0.15, -0.1) is 0 Å². The molecule has 9 nitrogen and oxygen atoms in total. The molecule has 17 heteroatoms. The second-order valence-corrected chi connectivity index (χ2v) is 12.6. The number of carbonyl (C=O) groups excluding carboxylic acids is 1. The number of carbonyl (C=O) groups is 2. The lowest BCUT2D eigenvalue weighted by Gasteiger charge is -2.34. The number of anilines is 1. The number of aryl methyl sites for hydroxylation is 1. The van der Waals surface area contributed by atoms with Gasteiger partial charge in [0.1, 0.15) is 23.8 Å². The molecule has 2 aliphatic heterocycles. The van der Waals surface area contributed by atoms with E-state index < -0.39 is 65.3 Å². The number of ether oxygens (including phenoxy) is 2. The molecule has 2 atom stereocenters. The number of rotatable bonds is 10. The predicted molar refractivity (Wildman–Crippen MR) is 177 cm³/mol. The maximum atomic E-state index is 15.6. The van der Waals surface area contributed by atoms with Crippen molar-refractivity contribution in [2.24, 2.45) is 0 Å². The van der Waals surface area contributed by atoms with Gasteiger partial charge in [-0.1, -0.05) is 12.6 Å². The number of carboxylic acids is 1. The molecule has 1 aromatic heterocycles. The van der Waals surface area contributed by atoms with Gasteiger partial charge in [0.25, 0.3) is 0 Å². The molecule has 3 heterocycles. The molecule has 53 heavy (non-hydrogen) atoms. The van der Waals surface area contributed by atoms with E-state index in [0.29, 0.717) is 24.1 Å². The lowest BCUT2D eigenvalue weighted by molar-refractivity contribution is -0.0954. The van der Waals surface area contributed by atoms with Gasteiger partial charge in [-0.2, -0.15) is 26.3 Å². The Bertz CT molecular complexity index is 2020. The summed E-state index contributed by atoms with van der Waals surface area (Å²) >= 11 is 0. The van der Waals surface area contributed by atoms with E-state index in [4.69, 9.17) is 9.47 Å². The SMILES string of the molecule is C=C(/C=C(\C=C(/C)C(F)(F)F)C(F)(F)F)[C@H]1OC(=O)N(Cc2nc(N3CC(F)C3)ncc2-c2cc(-c3ccc(C(=O)O)cc3C)c(F)cc2OC)[C@H]1C. The van der Waals surface area contributed by atoms with E-state index in [1.807, 2.05) is 0 Å². The summed E-state index contributed by atoms with van der Waals surface area (Å²) in [5, 5.41) is 9.39. The van der Waals surface area contributed by atoms with Gasteiger partial charge in [0.15, 0.2) is 0 Å². The zero-order valence-corrected chi connectivity index (χ0v) is 28.6. The zero-order chi connectivity index (χ0) is 39.2. The van der Waals surface area contributed by atoms with Gasteiger partial charge < -0.3 is 19.5 Å². The number of cyclic esters (lactones) is 1. The van der Waals surface area contributed by atoms with Crippen LogP contribution in [0.15, 0.2) is 72.0 Å². The van der Waals surface area contributed by atoms with E-state index in [1.54, 1.807) is 6.92 Å². The fourth-order valence-electron chi connectivity index (χ4n) is 5.89. The van der Waals surface area contributed by atoms with Crippen LogP contribution in [0.25, 0.3) is 22.3 Å². The van der Waals surface area contributed by atoms with Crippen molar-refractivity contribution in [2.45, 2.75) is 58.0 Å². The molecule has 3 aromatic rings. The number of nitrogens with zero attached hydrogens (tertiary/aromatic N) is 4. The highest BCUT2D eigenvalue weighted by Gasteiger charge is 2.42. The number of amides is 1. The van der Waals surface area contributed by atoms with Crippen molar-refractivity contribution in [3.05, 3.63) is 94.6 Å². The molecule has 0 aliphatic carbocycles. The third kappa shape index (κ3) is 8.13. The zero-order valence-electron chi connectivity index (χ0n) is 28.6. The summed E-state index contributed by atoms with van der Waals surface area (Å²) in [5.74, 6) is -1.78. The molecule has 2 aromatic carbocycles.